The van der Waals surface area contributed by atoms with Crippen LogP contribution in [0.5, 0.6) is 0 Å². The van der Waals surface area contributed by atoms with E-state index in [4.69, 9.17) is 4.74 Å². The van der Waals surface area contributed by atoms with Crippen LogP contribution in [0.3, 0.4) is 0 Å². The molecule has 0 saturated carbocycles. The lowest BCUT2D eigenvalue weighted by atomic mass is 10.1. The minimum absolute atomic E-state index is 0.213. The summed E-state index contributed by atoms with van der Waals surface area (Å²) in [4.78, 5) is 0. The number of ether oxygens (including phenoxy) is 1. The van der Waals surface area contributed by atoms with Gasteiger partial charge < -0.3 is 4.74 Å². The van der Waals surface area contributed by atoms with Crippen LogP contribution in [0.2, 0.25) is 0 Å². The summed E-state index contributed by atoms with van der Waals surface area (Å²) in [6.45, 7) is 1.13. The molecule has 1 aromatic rings. The van der Waals surface area contributed by atoms with Crippen molar-refractivity contribution in [2.45, 2.75) is 6.10 Å². The smallest absolute Gasteiger partial charge is 0.279 e. The van der Waals surface area contributed by atoms with Gasteiger partial charge in [0.2, 0.25) is 0 Å². The Hall–Kier alpha value is -0.470. The van der Waals surface area contributed by atoms with Gasteiger partial charge in [-0.05, 0) is 17.7 Å². The molecule has 1 fully saturated rings. The molecule has 100 valence electrons. The van der Waals surface area contributed by atoms with Gasteiger partial charge in [-0.3, -0.25) is 0 Å². The van der Waals surface area contributed by atoms with Crippen molar-refractivity contribution in [3.05, 3.63) is 34.3 Å². The van der Waals surface area contributed by atoms with Crippen LogP contribution >= 0.6 is 15.9 Å². The van der Waals surface area contributed by atoms with E-state index in [2.05, 4.69) is 20.7 Å². The first-order chi connectivity index (χ1) is 8.53. The molecule has 0 radical (unpaired) electrons. The maximum Gasteiger partial charge on any atom is 0.279 e. The lowest BCUT2D eigenvalue weighted by Crippen LogP contribution is -2.46. The minimum Gasteiger partial charge on any atom is -0.371 e. The number of benzene rings is 1. The van der Waals surface area contributed by atoms with Crippen LogP contribution in [0, 0.1) is 0 Å². The molecule has 7 heteroatoms. The topological polar surface area (TPSA) is 58.6 Å². The number of morpholine rings is 1. The Balaban J connectivity index is 2.14. The Labute approximate surface area is 115 Å². The fourth-order valence-electron chi connectivity index (χ4n) is 1.85. The average molecular weight is 335 g/mol. The first kappa shape index (κ1) is 14.0. The predicted octanol–water partition coefficient (Wildman–Crippen LogP) is 1.29. The van der Waals surface area contributed by atoms with Gasteiger partial charge in [-0.15, -0.1) is 0 Å². The van der Waals surface area contributed by atoms with E-state index in [-0.39, 0.29) is 6.10 Å². The second kappa shape index (κ2) is 5.66. The third kappa shape index (κ3) is 3.10. The molecule has 0 amide bonds. The van der Waals surface area contributed by atoms with Crippen molar-refractivity contribution in [1.82, 2.24) is 9.03 Å². The number of rotatable bonds is 3. The molecular formula is C11H15BrN2O3S. The summed E-state index contributed by atoms with van der Waals surface area (Å²) in [6.07, 6.45) is -0.213. The van der Waals surface area contributed by atoms with Gasteiger partial charge in [-0.2, -0.15) is 12.7 Å². The lowest BCUT2D eigenvalue weighted by molar-refractivity contribution is -0.00285. The van der Waals surface area contributed by atoms with E-state index in [1.807, 2.05) is 24.3 Å². The zero-order chi connectivity index (χ0) is 13.2. The van der Waals surface area contributed by atoms with Crippen LogP contribution in [-0.2, 0) is 14.9 Å². The molecule has 1 heterocycles. The molecule has 0 spiro atoms. The highest BCUT2D eigenvalue weighted by molar-refractivity contribution is 9.10. The van der Waals surface area contributed by atoms with Gasteiger partial charge in [-0.25, -0.2) is 4.72 Å². The number of hydrogen-bond acceptors (Lipinski definition) is 3. The van der Waals surface area contributed by atoms with E-state index in [0.717, 1.165) is 10.0 Å². The molecule has 1 aliphatic rings. The van der Waals surface area contributed by atoms with E-state index >= 15 is 0 Å². The SMILES string of the molecule is CNS(=O)(=O)N1CCOC(c2ccc(Br)cc2)C1. The van der Waals surface area contributed by atoms with Gasteiger partial charge in [0, 0.05) is 24.6 Å². The number of halogens is 1. The summed E-state index contributed by atoms with van der Waals surface area (Å²) < 4.78 is 33.8. The summed E-state index contributed by atoms with van der Waals surface area (Å²) in [5, 5.41) is 0. The molecule has 1 atom stereocenters. The molecule has 5 nitrogen and oxygen atoms in total. The van der Waals surface area contributed by atoms with Crippen molar-refractivity contribution in [2.75, 3.05) is 26.7 Å². The van der Waals surface area contributed by atoms with Crippen molar-refractivity contribution >= 4 is 26.1 Å². The van der Waals surface area contributed by atoms with Crippen molar-refractivity contribution < 1.29 is 13.2 Å². The third-order valence-electron chi connectivity index (χ3n) is 2.87. The average Bonchev–Trinajstić information content (AvgIpc) is 2.40. The molecule has 1 aliphatic heterocycles. The second-order valence-electron chi connectivity index (χ2n) is 3.98. The Kier molecular flexibility index (Phi) is 4.39. The zero-order valence-electron chi connectivity index (χ0n) is 9.97. The van der Waals surface area contributed by atoms with E-state index in [1.165, 1.54) is 11.4 Å². The van der Waals surface area contributed by atoms with Gasteiger partial charge >= 0.3 is 0 Å². The van der Waals surface area contributed by atoms with Crippen molar-refractivity contribution in [3.63, 3.8) is 0 Å². The lowest BCUT2D eigenvalue weighted by Gasteiger charge is -2.31. The first-order valence-electron chi connectivity index (χ1n) is 5.58. The van der Waals surface area contributed by atoms with Crippen LogP contribution in [0.15, 0.2) is 28.7 Å². The fourth-order valence-corrected chi connectivity index (χ4v) is 3.02. The molecule has 1 unspecified atom stereocenters. The van der Waals surface area contributed by atoms with E-state index in [0.29, 0.717) is 19.7 Å². The predicted molar refractivity (Wildman–Crippen MR) is 72.4 cm³/mol. The Morgan fingerprint density at radius 3 is 2.67 bits per heavy atom. The van der Waals surface area contributed by atoms with E-state index in [1.54, 1.807) is 0 Å². The summed E-state index contributed by atoms with van der Waals surface area (Å²) in [6, 6.07) is 7.71. The molecule has 1 aromatic carbocycles. The number of nitrogens with zero attached hydrogens (tertiary/aromatic N) is 1. The first-order valence-corrected chi connectivity index (χ1v) is 7.82. The summed E-state index contributed by atoms with van der Waals surface area (Å²) in [5.41, 5.74) is 0.981. The molecule has 1 N–H and O–H groups in total. The number of nitrogens with one attached hydrogen (secondary N) is 1. The summed E-state index contributed by atoms with van der Waals surface area (Å²) in [7, 11) is -1.96. The Morgan fingerprint density at radius 2 is 2.06 bits per heavy atom. The van der Waals surface area contributed by atoms with E-state index in [9.17, 15) is 8.42 Å². The van der Waals surface area contributed by atoms with Gasteiger partial charge in [0.25, 0.3) is 10.2 Å². The normalized spacial score (nSPS) is 22.0. The van der Waals surface area contributed by atoms with Crippen LogP contribution in [0.4, 0.5) is 0 Å². The van der Waals surface area contributed by atoms with Crippen molar-refractivity contribution in [2.24, 2.45) is 0 Å². The van der Waals surface area contributed by atoms with Gasteiger partial charge in [-0.1, -0.05) is 28.1 Å². The zero-order valence-corrected chi connectivity index (χ0v) is 12.4. The minimum atomic E-state index is -3.38. The Bertz CT molecular complexity index is 504. The van der Waals surface area contributed by atoms with Crippen LogP contribution < -0.4 is 4.72 Å². The molecule has 0 bridgehead atoms. The third-order valence-corrected chi connectivity index (χ3v) is 4.92. The van der Waals surface area contributed by atoms with E-state index < -0.39 is 10.2 Å². The maximum absolute atomic E-state index is 11.7. The van der Waals surface area contributed by atoms with Crippen LogP contribution in [0.25, 0.3) is 0 Å². The van der Waals surface area contributed by atoms with Crippen LogP contribution in [0.1, 0.15) is 11.7 Å². The molecule has 0 aliphatic carbocycles. The second-order valence-corrected chi connectivity index (χ2v) is 6.77. The molecule has 18 heavy (non-hydrogen) atoms. The van der Waals surface area contributed by atoms with Gasteiger partial charge in [0.15, 0.2) is 0 Å². The fraction of sp³-hybridized carbons (Fsp3) is 0.455. The van der Waals surface area contributed by atoms with Gasteiger partial charge in [0.1, 0.15) is 0 Å². The standard InChI is InChI=1S/C11H15BrN2O3S/c1-13-18(15,16)14-6-7-17-11(8-14)9-2-4-10(12)5-3-9/h2-5,11,13H,6-8H2,1H3. The van der Waals surface area contributed by atoms with Crippen molar-refractivity contribution in [1.29, 1.82) is 0 Å². The van der Waals surface area contributed by atoms with Crippen LogP contribution in [-0.4, -0.2) is 39.5 Å². The molecule has 1 saturated heterocycles. The van der Waals surface area contributed by atoms with Gasteiger partial charge in [0.05, 0.1) is 12.7 Å². The number of hydrogen-bond donors (Lipinski definition) is 1. The highest BCUT2D eigenvalue weighted by Crippen LogP contribution is 2.24. The molecular weight excluding hydrogens is 320 g/mol. The maximum atomic E-state index is 11.7. The molecule has 0 aromatic heterocycles. The van der Waals surface area contributed by atoms with Crippen molar-refractivity contribution in [3.8, 4) is 0 Å². The highest BCUT2D eigenvalue weighted by Gasteiger charge is 2.29. The molecule has 2 rings (SSSR count). The monoisotopic (exact) mass is 334 g/mol. The highest BCUT2D eigenvalue weighted by atomic mass is 79.9. The quantitative estimate of drug-likeness (QED) is 0.906. The summed E-state index contributed by atoms with van der Waals surface area (Å²) in [5.74, 6) is 0. The largest absolute Gasteiger partial charge is 0.371 e. The summed E-state index contributed by atoms with van der Waals surface area (Å²) >= 11 is 3.37. The Morgan fingerprint density at radius 1 is 1.39 bits per heavy atom.